The number of piperazine rings is 1. The Kier molecular flexibility index (Phi) is 4.82. The van der Waals surface area contributed by atoms with Crippen LogP contribution in [-0.2, 0) is 4.79 Å². The average Bonchev–Trinajstić information content (AvgIpc) is 2.38. The predicted octanol–water partition coefficient (Wildman–Crippen LogP) is 1.49. The predicted molar refractivity (Wildman–Crippen MR) is 78.7 cm³/mol. The van der Waals surface area contributed by atoms with E-state index in [4.69, 9.17) is 4.74 Å². The lowest BCUT2D eigenvalue weighted by atomic mass is 10.2. The highest BCUT2D eigenvalue weighted by atomic mass is 127. The zero-order valence-electron chi connectivity index (χ0n) is 10.4. The molecular weight excluding hydrogens is 343 g/mol. The molecule has 1 aromatic carbocycles. The molecule has 1 aliphatic rings. The molecule has 1 aromatic rings. The van der Waals surface area contributed by atoms with Crippen LogP contribution >= 0.6 is 22.6 Å². The second-order valence-electron chi connectivity index (χ2n) is 4.38. The molecule has 0 spiro atoms. The molecule has 5 heteroatoms. The summed E-state index contributed by atoms with van der Waals surface area (Å²) in [6.45, 7) is 4.64. The van der Waals surface area contributed by atoms with Gasteiger partial charge >= 0.3 is 0 Å². The van der Waals surface area contributed by atoms with Gasteiger partial charge in [0.25, 0.3) is 5.91 Å². The highest BCUT2D eigenvalue weighted by Gasteiger charge is 2.22. The Bertz CT molecular complexity index is 408. The first-order valence-corrected chi connectivity index (χ1v) is 7.13. The average molecular weight is 360 g/mol. The molecule has 2 rings (SSSR count). The first-order valence-electron chi connectivity index (χ1n) is 6.05. The van der Waals surface area contributed by atoms with Crippen molar-refractivity contribution in [2.45, 2.75) is 13.0 Å². The Morgan fingerprint density at radius 1 is 1.50 bits per heavy atom. The van der Waals surface area contributed by atoms with E-state index >= 15 is 0 Å². The summed E-state index contributed by atoms with van der Waals surface area (Å²) in [5, 5.41) is 3.26. The van der Waals surface area contributed by atoms with E-state index in [1.807, 2.05) is 29.2 Å². The number of hydrogen-bond donors (Lipinski definition) is 1. The van der Waals surface area contributed by atoms with E-state index in [1.165, 1.54) is 0 Å². The van der Waals surface area contributed by atoms with Crippen molar-refractivity contribution >= 4 is 28.5 Å². The monoisotopic (exact) mass is 360 g/mol. The number of benzene rings is 1. The highest BCUT2D eigenvalue weighted by molar-refractivity contribution is 14.1. The van der Waals surface area contributed by atoms with Crippen molar-refractivity contribution in [3.63, 3.8) is 0 Å². The van der Waals surface area contributed by atoms with Crippen molar-refractivity contribution in [2.24, 2.45) is 0 Å². The van der Waals surface area contributed by atoms with Crippen LogP contribution < -0.4 is 10.1 Å². The number of nitrogens with one attached hydrogen (secondary N) is 1. The van der Waals surface area contributed by atoms with Crippen LogP contribution in [0.4, 0.5) is 0 Å². The summed E-state index contributed by atoms with van der Waals surface area (Å²) in [6.07, 6.45) is 0. The Balaban J connectivity index is 1.85. The molecule has 18 heavy (non-hydrogen) atoms. The standard InChI is InChI=1S/C13H17IN2O2/c1-10-8-15-6-7-16(10)13(17)9-18-12-4-2-11(14)3-5-12/h2-5,10,15H,6-9H2,1H3/t10-/m0/s1. The maximum Gasteiger partial charge on any atom is 0.260 e. The maximum absolute atomic E-state index is 12.0. The van der Waals surface area contributed by atoms with Gasteiger partial charge in [-0.05, 0) is 53.8 Å². The number of rotatable bonds is 3. The van der Waals surface area contributed by atoms with Crippen LogP contribution in [0, 0.1) is 3.57 Å². The number of carbonyl (C=O) groups excluding carboxylic acids is 1. The number of ether oxygens (including phenoxy) is 1. The molecule has 0 aromatic heterocycles. The minimum absolute atomic E-state index is 0.0579. The molecule has 1 saturated heterocycles. The van der Waals surface area contributed by atoms with Gasteiger partial charge in [0.05, 0.1) is 0 Å². The third kappa shape index (κ3) is 3.58. The van der Waals surface area contributed by atoms with E-state index in [1.54, 1.807) is 0 Å². The van der Waals surface area contributed by atoms with Crippen LogP contribution in [0.2, 0.25) is 0 Å². The van der Waals surface area contributed by atoms with Crippen LogP contribution in [0.5, 0.6) is 5.75 Å². The minimum Gasteiger partial charge on any atom is -0.484 e. The van der Waals surface area contributed by atoms with Crippen molar-refractivity contribution < 1.29 is 9.53 Å². The first-order chi connectivity index (χ1) is 8.66. The van der Waals surface area contributed by atoms with Gasteiger partial charge in [-0.25, -0.2) is 0 Å². The summed E-state index contributed by atoms with van der Waals surface area (Å²) in [4.78, 5) is 13.9. The number of carbonyl (C=O) groups is 1. The Labute approximate surface area is 121 Å². The van der Waals surface area contributed by atoms with Crippen molar-refractivity contribution in [3.8, 4) is 5.75 Å². The van der Waals surface area contributed by atoms with Gasteiger partial charge in [0, 0.05) is 29.2 Å². The molecule has 0 aliphatic carbocycles. The zero-order valence-corrected chi connectivity index (χ0v) is 12.5. The summed E-state index contributed by atoms with van der Waals surface area (Å²) in [6, 6.07) is 7.94. The smallest absolute Gasteiger partial charge is 0.260 e. The third-order valence-electron chi connectivity index (χ3n) is 3.00. The Hall–Kier alpha value is -0.820. The molecule has 0 radical (unpaired) electrons. The number of amides is 1. The third-order valence-corrected chi connectivity index (χ3v) is 3.72. The topological polar surface area (TPSA) is 41.6 Å². The molecule has 1 amide bonds. The van der Waals surface area contributed by atoms with E-state index in [-0.39, 0.29) is 18.6 Å². The lowest BCUT2D eigenvalue weighted by molar-refractivity contribution is -0.136. The summed E-state index contributed by atoms with van der Waals surface area (Å²) in [5.74, 6) is 0.800. The van der Waals surface area contributed by atoms with Gasteiger partial charge < -0.3 is 15.0 Å². The van der Waals surface area contributed by atoms with Crippen molar-refractivity contribution in [2.75, 3.05) is 26.2 Å². The van der Waals surface area contributed by atoms with E-state index in [9.17, 15) is 4.79 Å². The Morgan fingerprint density at radius 3 is 2.89 bits per heavy atom. The summed E-state index contributed by atoms with van der Waals surface area (Å²) in [7, 11) is 0. The van der Waals surface area contributed by atoms with E-state index in [0.29, 0.717) is 0 Å². The normalized spacial score (nSPS) is 19.7. The molecule has 98 valence electrons. The molecule has 1 N–H and O–H groups in total. The fraction of sp³-hybridized carbons (Fsp3) is 0.462. The van der Waals surface area contributed by atoms with Crippen LogP contribution in [0.3, 0.4) is 0 Å². The SMILES string of the molecule is C[C@H]1CNCCN1C(=O)COc1ccc(I)cc1. The molecule has 1 aliphatic heterocycles. The second kappa shape index (κ2) is 6.38. The van der Waals surface area contributed by atoms with Crippen molar-refractivity contribution in [3.05, 3.63) is 27.8 Å². The molecule has 0 saturated carbocycles. The molecule has 0 unspecified atom stereocenters. The fourth-order valence-corrected chi connectivity index (χ4v) is 2.33. The van der Waals surface area contributed by atoms with Gasteiger partial charge in [-0.2, -0.15) is 0 Å². The van der Waals surface area contributed by atoms with Crippen LogP contribution in [-0.4, -0.2) is 43.1 Å². The van der Waals surface area contributed by atoms with Crippen molar-refractivity contribution in [1.29, 1.82) is 0 Å². The Morgan fingerprint density at radius 2 is 2.22 bits per heavy atom. The van der Waals surface area contributed by atoms with Crippen molar-refractivity contribution in [1.82, 2.24) is 10.2 Å². The first kappa shape index (κ1) is 13.6. The van der Waals surface area contributed by atoms with Gasteiger partial charge in [-0.15, -0.1) is 0 Å². The largest absolute Gasteiger partial charge is 0.484 e. The van der Waals surface area contributed by atoms with E-state index in [2.05, 4.69) is 34.8 Å². The second-order valence-corrected chi connectivity index (χ2v) is 5.63. The van der Waals surface area contributed by atoms with Crippen LogP contribution in [0.25, 0.3) is 0 Å². The molecule has 1 fully saturated rings. The summed E-state index contributed by atoms with van der Waals surface area (Å²) < 4.78 is 6.66. The number of halogens is 1. The quantitative estimate of drug-likeness (QED) is 0.831. The molecule has 4 nitrogen and oxygen atoms in total. The lowest BCUT2D eigenvalue weighted by Crippen LogP contribution is -2.53. The van der Waals surface area contributed by atoms with E-state index in [0.717, 1.165) is 29.0 Å². The summed E-state index contributed by atoms with van der Waals surface area (Å²) in [5.41, 5.74) is 0. The lowest BCUT2D eigenvalue weighted by Gasteiger charge is -2.33. The van der Waals surface area contributed by atoms with E-state index < -0.39 is 0 Å². The van der Waals surface area contributed by atoms with Crippen LogP contribution in [0.1, 0.15) is 6.92 Å². The number of hydrogen-bond acceptors (Lipinski definition) is 3. The van der Waals surface area contributed by atoms with Crippen LogP contribution in [0.15, 0.2) is 24.3 Å². The fourth-order valence-electron chi connectivity index (χ4n) is 1.97. The zero-order chi connectivity index (χ0) is 13.0. The molecular formula is C13H17IN2O2. The molecule has 0 bridgehead atoms. The van der Waals surface area contributed by atoms with Gasteiger partial charge in [0.1, 0.15) is 5.75 Å². The van der Waals surface area contributed by atoms with Gasteiger partial charge in [0.15, 0.2) is 6.61 Å². The molecule has 1 heterocycles. The van der Waals surface area contributed by atoms with Gasteiger partial charge in [-0.1, -0.05) is 0 Å². The number of nitrogens with zero attached hydrogens (tertiary/aromatic N) is 1. The minimum atomic E-state index is 0.0579. The van der Waals surface area contributed by atoms with Gasteiger partial charge in [0.2, 0.25) is 0 Å². The van der Waals surface area contributed by atoms with Gasteiger partial charge in [-0.3, -0.25) is 4.79 Å². The highest BCUT2D eigenvalue weighted by Crippen LogP contribution is 2.13. The molecule has 1 atom stereocenters. The maximum atomic E-state index is 12.0. The summed E-state index contributed by atoms with van der Waals surface area (Å²) >= 11 is 2.24.